The lowest BCUT2D eigenvalue weighted by Crippen LogP contribution is -2.46. The second kappa shape index (κ2) is 9.62. The Morgan fingerprint density at radius 3 is 2.48 bits per heavy atom. The molecule has 0 amide bonds. The number of aromatic nitrogens is 1. The van der Waals surface area contributed by atoms with E-state index in [4.69, 9.17) is 4.74 Å². The molecule has 2 aromatic carbocycles. The maximum atomic E-state index is 11.5. The van der Waals surface area contributed by atoms with Crippen molar-refractivity contribution in [1.29, 1.82) is 0 Å². The van der Waals surface area contributed by atoms with Gasteiger partial charge in [0.1, 0.15) is 23.7 Å². The predicted octanol–water partition coefficient (Wildman–Crippen LogP) is 3.99. The van der Waals surface area contributed by atoms with Crippen LogP contribution in [-0.4, -0.2) is 47.1 Å². The molecule has 6 nitrogen and oxygen atoms in total. The number of hydrogen-bond acceptors (Lipinski definition) is 5. The van der Waals surface area contributed by atoms with E-state index in [1.807, 2.05) is 18.2 Å². The first-order chi connectivity index (χ1) is 15.1. The number of rotatable bonds is 7. The van der Waals surface area contributed by atoms with E-state index >= 15 is 0 Å². The molecule has 0 atom stereocenters. The molecular weight excluding hydrogens is 390 g/mol. The van der Waals surface area contributed by atoms with E-state index in [1.165, 1.54) is 16.7 Å². The van der Waals surface area contributed by atoms with Gasteiger partial charge in [-0.3, -0.25) is 4.90 Å². The lowest BCUT2D eigenvalue weighted by atomic mass is 10.1. The highest BCUT2D eigenvalue weighted by atomic mass is 16.5. The Labute approximate surface area is 182 Å². The molecule has 6 heteroatoms. The quantitative estimate of drug-likeness (QED) is 0.627. The Balaban J connectivity index is 1.28. The van der Waals surface area contributed by atoms with Crippen LogP contribution in [0.4, 0.5) is 5.82 Å². The van der Waals surface area contributed by atoms with Gasteiger partial charge in [0.05, 0.1) is 0 Å². The van der Waals surface area contributed by atoms with Crippen molar-refractivity contribution in [1.82, 2.24) is 9.88 Å². The Hall–Kier alpha value is -3.38. The van der Waals surface area contributed by atoms with E-state index in [2.05, 4.69) is 52.0 Å². The van der Waals surface area contributed by atoms with Gasteiger partial charge in [0, 0.05) is 38.9 Å². The van der Waals surface area contributed by atoms with Crippen molar-refractivity contribution in [2.24, 2.45) is 0 Å². The van der Waals surface area contributed by atoms with Crippen LogP contribution in [0.15, 0.2) is 66.9 Å². The van der Waals surface area contributed by atoms with E-state index in [1.54, 1.807) is 18.3 Å². The van der Waals surface area contributed by atoms with E-state index in [-0.39, 0.29) is 5.56 Å². The Morgan fingerprint density at radius 1 is 1.00 bits per heavy atom. The van der Waals surface area contributed by atoms with Gasteiger partial charge >= 0.3 is 5.97 Å². The van der Waals surface area contributed by atoms with E-state index in [9.17, 15) is 9.90 Å². The highest BCUT2D eigenvalue weighted by molar-refractivity contribution is 5.93. The molecular formula is C25H27N3O3. The molecule has 160 valence electrons. The van der Waals surface area contributed by atoms with Crippen LogP contribution in [0.3, 0.4) is 0 Å². The van der Waals surface area contributed by atoms with E-state index in [0.717, 1.165) is 38.5 Å². The van der Waals surface area contributed by atoms with Gasteiger partial charge in [0.25, 0.3) is 0 Å². The summed E-state index contributed by atoms with van der Waals surface area (Å²) in [4.78, 5) is 20.2. The summed E-state index contributed by atoms with van der Waals surface area (Å²) in [7, 11) is 0. The number of carbonyl (C=O) groups is 1. The van der Waals surface area contributed by atoms with Crippen molar-refractivity contribution in [3.8, 4) is 5.75 Å². The first kappa shape index (κ1) is 20.9. The van der Waals surface area contributed by atoms with Gasteiger partial charge in [-0.25, -0.2) is 9.78 Å². The number of benzene rings is 2. The molecule has 1 saturated heterocycles. The maximum Gasteiger partial charge on any atom is 0.339 e. The lowest BCUT2D eigenvalue weighted by molar-refractivity contribution is 0.0697. The highest BCUT2D eigenvalue weighted by Gasteiger charge is 2.22. The van der Waals surface area contributed by atoms with Crippen LogP contribution in [0.5, 0.6) is 5.75 Å². The summed E-state index contributed by atoms with van der Waals surface area (Å²) in [5.74, 6) is 0.492. The van der Waals surface area contributed by atoms with Gasteiger partial charge in [-0.05, 0) is 42.3 Å². The summed E-state index contributed by atoms with van der Waals surface area (Å²) in [6.45, 7) is 6.75. The second-order valence-electron chi connectivity index (χ2n) is 7.86. The van der Waals surface area contributed by atoms with Crippen LogP contribution >= 0.6 is 0 Å². The fourth-order valence-corrected chi connectivity index (χ4v) is 3.85. The van der Waals surface area contributed by atoms with Crippen LogP contribution in [0.1, 0.15) is 27.0 Å². The average molecular weight is 418 g/mol. The fourth-order valence-electron chi connectivity index (χ4n) is 3.85. The van der Waals surface area contributed by atoms with Gasteiger partial charge in [-0.2, -0.15) is 0 Å². The van der Waals surface area contributed by atoms with Gasteiger partial charge in [0.2, 0.25) is 0 Å². The van der Waals surface area contributed by atoms with E-state index in [0.29, 0.717) is 12.4 Å². The molecule has 1 N–H and O–H groups in total. The van der Waals surface area contributed by atoms with Crippen LogP contribution in [0.2, 0.25) is 0 Å². The Bertz CT molecular complexity index is 1030. The number of carboxylic acids is 1. The van der Waals surface area contributed by atoms with Crippen LogP contribution in [0.25, 0.3) is 0 Å². The average Bonchev–Trinajstić information content (AvgIpc) is 2.79. The Morgan fingerprint density at radius 2 is 1.77 bits per heavy atom. The molecule has 1 aromatic heterocycles. The van der Waals surface area contributed by atoms with Crippen molar-refractivity contribution in [2.45, 2.75) is 20.1 Å². The van der Waals surface area contributed by atoms with Crippen molar-refractivity contribution in [3.05, 3.63) is 89.1 Å². The van der Waals surface area contributed by atoms with Crippen LogP contribution < -0.4 is 9.64 Å². The second-order valence-corrected chi connectivity index (χ2v) is 7.86. The van der Waals surface area contributed by atoms with Crippen molar-refractivity contribution in [2.75, 3.05) is 31.1 Å². The molecule has 3 aromatic rings. The SMILES string of the molecule is Cc1cccc(COc2ccc(CN3CCN(c4ncccc4C(=O)O)CC3)cc2)c1. The fraction of sp³-hybridized carbons (Fsp3) is 0.280. The number of nitrogens with zero attached hydrogens (tertiary/aromatic N) is 3. The summed E-state index contributed by atoms with van der Waals surface area (Å²) in [6, 6.07) is 19.9. The largest absolute Gasteiger partial charge is 0.489 e. The topological polar surface area (TPSA) is 65.9 Å². The first-order valence-corrected chi connectivity index (χ1v) is 10.5. The highest BCUT2D eigenvalue weighted by Crippen LogP contribution is 2.21. The van der Waals surface area contributed by atoms with Crippen molar-refractivity contribution >= 4 is 11.8 Å². The summed E-state index contributed by atoms with van der Waals surface area (Å²) in [5.41, 5.74) is 3.90. The van der Waals surface area contributed by atoms with Gasteiger partial charge < -0.3 is 14.7 Å². The number of ether oxygens (including phenoxy) is 1. The standard InChI is InChI=1S/C25H27N3O3/c1-19-4-2-5-21(16-19)18-31-22-9-7-20(8-10-22)17-27-12-14-28(15-13-27)24-23(25(29)30)6-3-11-26-24/h2-11,16H,12-15,17-18H2,1H3,(H,29,30). The summed E-state index contributed by atoms with van der Waals surface area (Å²) < 4.78 is 5.91. The maximum absolute atomic E-state index is 11.5. The zero-order chi connectivity index (χ0) is 21.6. The van der Waals surface area contributed by atoms with Crippen LogP contribution in [0, 0.1) is 6.92 Å². The molecule has 31 heavy (non-hydrogen) atoms. The van der Waals surface area contributed by atoms with Crippen molar-refractivity contribution in [3.63, 3.8) is 0 Å². The molecule has 0 radical (unpaired) electrons. The third-order valence-corrected chi connectivity index (χ3v) is 5.51. The minimum absolute atomic E-state index is 0.261. The van der Waals surface area contributed by atoms with Gasteiger partial charge in [0.15, 0.2) is 0 Å². The molecule has 0 unspecified atom stereocenters. The molecule has 0 spiro atoms. The zero-order valence-corrected chi connectivity index (χ0v) is 17.7. The first-order valence-electron chi connectivity index (χ1n) is 10.5. The normalized spacial score (nSPS) is 14.4. The minimum Gasteiger partial charge on any atom is -0.489 e. The number of carboxylic acid groups (broad SMARTS) is 1. The smallest absolute Gasteiger partial charge is 0.339 e. The number of aromatic carboxylic acids is 1. The van der Waals surface area contributed by atoms with Crippen LogP contribution in [-0.2, 0) is 13.2 Å². The molecule has 2 heterocycles. The monoisotopic (exact) mass is 417 g/mol. The van der Waals surface area contributed by atoms with Crippen molar-refractivity contribution < 1.29 is 14.6 Å². The third kappa shape index (κ3) is 5.41. The molecule has 4 rings (SSSR count). The van der Waals surface area contributed by atoms with Gasteiger partial charge in [-0.15, -0.1) is 0 Å². The summed E-state index contributed by atoms with van der Waals surface area (Å²) in [5, 5.41) is 9.39. The number of pyridine rings is 1. The predicted molar refractivity (Wildman–Crippen MR) is 121 cm³/mol. The number of hydrogen-bond donors (Lipinski definition) is 1. The molecule has 0 aliphatic carbocycles. The molecule has 1 aliphatic heterocycles. The van der Waals surface area contributed by atoms with E-state index < -0.39 is 5.97 Å². The number of piperazine rings is 1. The molecule has 0 bridgehead atoms. The molecule has 1 fully saturated rings. The lowest BCUT2D eigenvalue weighted by Gasteiger charge is -2.35. The van der Waals surface area contributed by atoms with Gasteiger partial charge in [-0.1, -0.05) is 42.0 Å². The summed E-state index contributed by atoms with van der Waals surface area (Å²) in [6.07, 6.45) is 1.65. The molecule has 1 aliphatic rings. The number of aryl methyl sites for hydroxylation is 1. The number of anilines is 1. The Kier molecular flexibility index (Phi) is 6.48. The molecule has 0 saturated carbocycles. The third-order valence-electron chi connectivity index (χ3n) is 5.51. The zero-order valence-electron chi connectivity index (χ0n) is 17.7. The minimum atomic E-state index is -0.935. The summed E-state index contributed by atoms with van der Waals surface area (Å²) >= 11 is 0.